The largest absolute Gasteiger partial charge is 0.396 e. The lowest BCUT2D eigenvalue weighted by atomic mass is 9.74. The van der Waals surface area contributed by atoms with Gasteiger partial charge in [-0.05, 0) is 37.0 Å². The number of hydrogen-bond acceptors (Lipinski definition) is 3. The molecule has 0 aromatic carbocycles. The molecule has 0 unspecified atom stereocenters. The van der Waals surface area contributed by atoms with Crippen LogP contribution in [-0.2, 0) is 4.84 Å². The summed E-state index contributed by atoms with van der Waals surface area (Å²) in [6.07, 6.45) is 5.05. The van der Waals surface area contributed by atoms with Crippen LogP contribution in [0.3, 0.4) is 0 Å². The Bertz CT molecular complexity index is 300. The van der Waals surface area contributed by atoms with Crippen LogP contribution in [0.5, 0.6) is 0 Å². The zero-order chi connectivity index (χ0) is 11.6. The average Bonchev–Trinajstić information content (AvgIpc) is 2.90. The predicted molar refractivity (Wildman–Crippen MR) is 61.7 cm³/mol. The molecule has 1 N–H and O–H groups in total. The smallest absolute Gasteiger partial charge is 0.0892 e. The highest BCUT2D eigenvalue weighted by molar-refractivity contribution is 5.12. The van der Waals surface area contributed by atoms with Gasteiger partial charge in [0.2, 0.25) is 0 Å². The molecule has 92 valence electrons. The van der Waals surface area contributed by atoms with Crippen LogP contribution in [0, 0.1) is 16.7 Å². The minimum Gasteiger partial charge on any atom is -0.396 e. The number of hydroxylamine groups is 2. The van der Waals surface area contributed by atoms with Crippen molar-refractivity contribution in [3.05, 3.63) is 0 Å². The summed E-state index contributed by atoms with van der Waals surface area (Å²) in [6.45, 7) is 4.89. The molecule has 1 heterocycles. The Labute approximate surface area is 97.7 Å². The topological polar surface area (TPSA) is 32.7 Å². The molecule has 1 aliphatic heterocycles. The third-order valence-electron chi connectivity index (χ3n) is 4.82. The number of fused-ring (bicyclic) bond motifs is 1. The molecule has 0 aromatic rings. The summed E-state index contributed by atoms with van der Waals surface area (Å²) in [6, 6.07) is 0.448. The van der Waals surface area contributed by atoms with Crippen molar-refractivity contribution in [3.8, 4) is 0 Å². The summed E-state index contributed by atoms with van der Waals surface area (Å²) in [4.78, 5) is 6.00. The van der Waals surface area contributed by atoms with Gasteiger partial charge in [0.25, 0.3) is 0 Å². The van der Waals surface area contributed by atoms with Crippen LogP contribution >= 0.6 is 0 Å². The molecule has 0 bridgehead atoms. The first-order valence-electron chi connectivity index (χ1n) is 6.49. The van der Waals surface area contributed by atoms with Gasteiger partial charge in [0, 0.05) is 18.5 Å². The molecule has 3 fully saturated rings. The van der Waals surface area contributed by atoms with Gasteiger partial charge >= 0.3 is 0 Å². The van der Waals surface area contributed by atoms with Gasteiger partial charge < -0.3 is 5.11 Å². The van der Waals surface area contributed by atoms with Crippen LogP contribution in [0.15, 0.2) is 0 Å². The molecule has 0 amide bonds. The van der Waals surface area contributed by atoms with E-state index in [1.54, 1.807) is 0 Å². The Morgan fingerprint density at radius 2 is 2.06 bits per heavy atom. The Morgan fingerprint density at radius 3 is 2.62 bits per heavy atom. The van der Waals surface area contributed by atoms with Crippen LogP contribution in [0.4, 0.5) is 0 Å². The van der Waals surface area contributed by atoms with Crippen LogP contribution in [-0.4, -0.2) is 36.0 Å². The van der Waals surface area contributed by atoms with E-state index in [4.69, 9.17) is 4.84 Å². The highest BCUT2D eigenvalue weighted by atomic mass is 16.7. The first kappa shape index (κ1) is 11.0. The van der Waals surface area contributed by atoms with Gasteiger partial charge in [0.05, 0.1) is 12.7 Å². The molecule has 2 aliphatic carbocycles. The summed E-state index contributed by atoms with van der Waals surface area (Å²) < 4.78 is 0. The van der Waals surface area contributed by atoms with Crippen molar-refractivity contribution in [1.82, 2.24) is 5.06 Å². The molecule has 16 heavy (non-hydrogen) atoms. The first-order chi connectivity index (χ1) is 7.48. The molecule has 0 radical (unpaired) electrons. The van der Waals surface area contributed by atoms with Crippen molar-refractivity contribution in [1.29, 1.82) is 0 Å². The van der Waals surface area contributed by atoms with E-state index in [2.05, 4.69) is 13.8 Å². The second-order valence-electron chi connectivity index (χ2n) is 6.86. The highest BCUT2D eigenvalue weighted by Crippen LogP contribution is 2.60. The van der Waals surface area contributed by atoms with Gasteiger partial charge in [-0.25, -0.2) is 0 Å². The molecule has 3 rings (SSSR count). The van der Waals surface area contributed by atoms with Gasteiger partial charge in [-0.3, -0.25) is 4.84 Å². The number of hydrogen-bond donors (Lipinski definition) is 1. The highest BCUT2D eigenvalue weighted by Gasteiger charge is 2.64. The summed E-state index contributed by atoms with van der Waals surface area (Å²) in [5.74, 6) is 0.760. The van der Waals surface area contributed by atoms with Crippen molar-refractivity contribution in [2.75, 3.05) is 13.7 Å². The van der Waals surface area contributed by atoms with E-state index >= 15 is 0 Å². The third-order valence-corrected chi connectivity index (χ3v) is 4.82. The molecular weight excluding hydrogens is 202 g/mol. The third kappa shape index (κ3) is 1.38. The Morgan fingerprint density at radius 1 is 1.38 bits per heavy atom. The predicted octanol–water partition coefficient (Wildman–Crippen LogP) is 1.81. The van der Waals surface area contributed by atoms with Crippen LogP contribution < -0.4 is 0 Å². The lowest BCUT2D eigenvalue weighted by Crippen LogP contribution is -2.44. The Balaban J connectivity index is 1.93. The Hall–Kier alpha value is -0.120. The van der Waals surface area contributed by atoms with Gasteiger partial charge in [0.1, 0.15) is 0 Å². The maximum absolute atomic E-state index is 9.92. The van der Waals surface area contributed by atoms with E-state index in [0.29, 0.717) is 11.5 Å². The van der Waals surface area contributed by atoms with E-state index in [0.717, 1.165) is 18.8 Å². The molecule has 3 nitrogen and oxygen atoms in total. The number of aliphatic hydroxyl groups excluding tert-OH is 1. The molecule has 3 heteroatoms. The SMILES string of the molecule is CN1O[C@@H]2CC(C)(C)C[C@]2(CO)[C@H]1C1CC1. The zero-order valence-corrected chi connectivity index (χ0v) is 10.6. The van der Waals surface area contributed by atoms with E-state index < -0.39 is 0 Å². The second-order valence-corrected chi connectivity index (χ2v) is 6.86. The number of aliphatic hydroxyl groups is 1. The summed E-state index contributed by atoms with van der Waals surface area (Å²) in [5, 5.41) is 12.0. The summed E-state index contributed by atoms with van der Waals surface area (Å²) in [7, 11) is 2.05. The van der Waals surface area contributed by atoms with Gasteiger partial charge in [-0.2, -0.15) is 5.06 Å². The fourth-order valence-corrected chi connectivity index (χ4v) is 4.28. The van der Waals surface area contributed by atoms with Crippen LogP contribution in [0.2, 0.25) is 0 Å². The monoisotopic (exact) mass is 225 g/mol. The molecule has 3 atom stereocenters. The van der Waals surface area contributed by atoms with Crippen LogP contribution in [0.25, 0.3) is 0 Å². The van der Waals surface area contributed by atoms with Gasteiger partial charge in [-0.15, -0.1) is 0 Å². The molecular formula is C13H23NO2. The second kappa shape index (κ2) is 3.21. The van der Waals surface area contributed by atoms with Crippen molar-refractivity contribution < 1.29 is 9.94 Å². The van der Waals surface area contributed by atoms with Gasteiger partial charge in [0.15, 0.2) is 0 Å². The average molecular weight is 225 g/mol. The van der Waals surface area contributed by atoms with E-state index in [9.17, 15) is 5.11 Å². The fourth-order valence-electron chi connectivity index (χ4n) is 4.28. The lowest BCUT2D eigenvalue weighted by Gasteiger charge is -2.34. The summed E-state index contributed by atoms with van der Waals surface area (Å²) >= 11 is 0. The number of nitrogens with zero attached hydrogens (tertiary/aromatic N) is 1. The van der Waals surface area contributed by atoms with E-state index in [1.165, 1.54) is 12.8 Å². The van der Waals surface area contributed by atoms with Crippen molar-refractivity contribution >= 4 is 0 Å². The van der Waals surface area contributed by atoms with E-state index in [-0.39, 0.29) is 18.1 Å². The van der Waals surface area contributed by atoms with Gasteiger partial charge in [-0.1, -0.05) is 13.8 Å². The normalized spacial score (nSPS) is 47.2. The van der Waals surface area contributed by atoms with Crippen LogP contribution in [0.1, 0.15) is 39.5 Å². The van der Waals surface area contributed by atoms with E-state index in [1.807, 2.05) is 12.1 Å². The first-order valence-corrected chi connectivity index (χ1v) is 6.49. The van der Waals surface area contributed by atoms with Crippen molar-refractivity contribution in [3.63, 3.8) is 0 Å². The standard InChI is InChI=1S/C13H23NO2/c1-12(2)6-10-13(7-12,8-15)11(9-4-5-9)14(3)16-10/h9-11,15H,4-8H2,1-3H3/t10-,11-,13-/m1/s1. The summed E-state index contributed by atoms with van der Waals surface area (Å²) in [5.41, 5.74) is 0.335. The minimum atomic E-state index is 0.0133. The van der Waals surface area contributed by atoms with Crippen molar-refractivity contribution in [2.24, 2.45) is 16.7 Å². The maximum Gasteiger partial charge on any atom is 0.0892 e. The minimum absolute atomic E-state index is 0.0133. The van der Waals surface area contributed by atoms with Crippen molar-refractivity contribution in [2.45, 2.75) is 51.7 Å². The molecule has 2 saturated carbocycles. The molecule has 1 saturated heterocycles. The molecule has 0 aromatic heterocycles. The number of rotatable bonds is 2. The fraction of sp³-hybridized carbons (Fsp3) is 1.00. The molecule has 0 spiro atoms. The quantitative estimate of drug-likeness (QED) is 0.778. The zero-order valence-electron chi connectivity index (χ0n) is 10.6. The molecule has 3 aliphatic rings. The Kier molecular flexibility index (Phi) is 2.21. The lowest BCUT2D eigenvalue weighted by molar-refractivity contribution is -0.151. The maximum atomic E-state index is 9.92.